The minimum absolute atomic E-state index is 0.109. The van der Waals surface area contributed by atoms with Crippen molar-refractivity contribution >= 4 is 5.91 Å². The average molecular weight is 228 g/mol. The summed E-state index contributed by atoms with van der Waals surface area (Å²) < 4.78 is 5.26. The second-order valence-corrected chi connectivity index (χ2v) is 5.21. The van der Waals surface area contributed by atoms with Crippen LogP contribution in [-0.2, 0) is 9.53 Å². The van der Waals surface area contributed by atoms with Gasteiger partial charge in [0.05, 0.1) is 5.60 Å². The molecule has 0 aromatic heterocycles. The lowest BCUT2D eigenvalue weighted by Crippen LogP contribution is -2.43. The van der Waals surface area contributed by atoms with Crippen LogP contribution >= 0.6 is 0 Å². The maximum atomic E-state index is 12.0. The fourth-order valence-corrected chi connectivity index (χ4v) is 2.17. The fraction of sp³-hybridized carbons (Fsp3) is 0.917. The zero-order chi connectivity index (χ0) is 12.2. The summed E-state index contributed by atoms with van der Waals surface area (Å²) in [5, 5.41) is 2.96. The molecule has 1 rings (SSSR count). The first kappa shape index (κ1) is 13.5. The summed E-state index contributed by atoms with van der Waals surface area (Å²) in [6.45, 7) is 5.09. The van der Waals surface area contributed by atoms with E-state index in [0.717, 1.165) is 19.3 Å². The van der Waals surface area contributed by atoms with E-state index in [2.05, 4.69) is 5.32 Å². The van der Waals surface area contributed by atoms with Gasteiger partial charge in [0.25, 0.3) is 0 Å². The van der Waals surface area contributed by atoms with Crippen molar-refractivity contribution in [2.75, 3.05) is 20.2 Å². The summed E-state index contributed by atoms with van der Waals surface area (Å²) in [6.07, 6.45) is 3.18. The van der Waals surface area contributed by atoms with Crippen LogP contribution in [0.5, 0.6) is 0 Å². The molecule has 4 nitrogen and oxygen atoms in total. The Bertz CT molecular complexity index is 241. The van der Waals surface area contributed by atoms with Gasteiger partial charge in [-0.2, -0.15) is 0 Å². The van der Waals surface area contributed by atoms with Crippen molar-refractivity contribution in [1.82, 2.24) is 5.32 Å². The van der Waals surface area contributed by atoms with Crippen LogP contribution in [0.15, 0.2) is 0 Å². The van der Waals surface area contributed by atoms with Crippen LogP contribution in [0.25, 0.3) is 0 Å². The van der Waals surface area contributed by atoms with Crippen molar-refractivity contribution in [2.24, 2.45) is 17.6 Å². The van der Waals surface area contributed by atoms with Crippen LogP contribution in [0.2, 0.25) is 0 Å². The Morgan fingerprint density at radius 1 is 1.50 bits per heavy atom. The van der Waals surface area contributed by atoms with Crippen molar-refractivity contribution in [2.45, 2.75) is 38.7 Å². The fourth-order valence-electron chi connectivity index (χ4n) is 2.17. The van der Waals surface area contributed by atoms with Gasteiger partial charge >= 0.3 is 0 Å². The molecule has 0 aliphatic heterocycles. The molecule has 0 aromatic rings. The normalized spacial score (nSPS) is 25.8. The van der Waals surface area contributed by atoms with Crippen molar-refractivity contribution in [3.05, 3.63) is 0 Å². The van der Waals surface area contributed by atoms with E-state index in [1.54, 1.807) is 7.11 Å². The summed E-state index contributed by atoms with van der Waals surface area (Å²) >= 11 is 0. The van der Waals surface area contributed by atoms with E-state index < -0.39 is 0 Å². The summed E-state index contributed by atoms with van der Waals surface area (Å²) in [6, 6.07) is 0. The molecule has 1 amide bonds. The quantitative estimate of drug-likeness (QED) is 0.735. The second-order valence-electron chi connectivity index (χ2n) is 5.21. The molecule has 0 heterocycles. The van der Waals surface area contributed by atoms with Gasteiger partial charge in [-0.3, -0.25) is 4.79 Å². The number of ether oxygens (including phenoxy) is 1. The van der Waals surface area contributed by atoms with Crippen LogP contribution in [0.1, 0.15) is 33.1 Å². The number of amides is 1. The molecule has 3 N–H and O–H groups in total. The van der Waals surface area contributed by atoms with E-state index in [1.807, 2.05) is 13.8 Å². The molecule has 4 heteroatoms. The highest BCUT2D eigenvalue weighted by Crippen LogP contribution is 2.30. The van der Waals surface area contributed by atoms with E-state index in [0.29, 0.717) is 19.0 Å². The molecule has 1 saturated carbocycles. The molecule has 0 unspecified atom stereocenters. The maximum absolute atomic E-state index is 12.0. The largest absolute Gasteiger partial charge is 0.377 e. The van der Waals surface area contributed by atoms with E-state index >= 15 is 0 Å². The Labute approximate surface area is 97.9 Å². The second kappa shape index (κ2) is 5.64. The van der Waals surface area contributed by atoms with Crippen molar-refractivity contribution in [3.63, 3.8) is 0 Å². The summed E-state index contributed by atoms with van der Waals surface area (Å²) in [4.78, 5) is 12.0. The molecule has 0 saturated heterocycles. The molecule has 1 aliphatic carbocycles. The van der Waals surface area contributed by atoms with Gasteiger partial charge in [0, 0.05) is 19.6 Å². The first-order valence-corrected chi connectivity index (χ1v) is 6.03. The number of nitrogens with two attached hydrogens (primary N) is 1. The lowest BCUT2D eigenvalue weighted by Gasteiger charge is -2.25. The molecule has 1 aliphatic rings. The monoisotopic (exact) mass is 228 g/mol. The Kier molecular flexibility index (Phi) is 4.74. The van der Waals surface area contributed by atoms with Crippen LogP contribution < -0.4 is 11.1 Å². The smallest absolute Gasteiger partial charge is 0.223 e. The van der Waals surface area contributed by atoms with Crippen LogP contribution in [0.4, 0.5) is 0 Å². The number of methoxy groups -OCH3 is 1. The first-order chi connectivity index (χ1) is 7.50. The van der Waals surface area contributed by atoms with Crippen LogP contribution in [0, 0.1) is 11.8 Å². The van der Waals surface area contributed by atoms with Gasteiger partial charge in [-0.1, -0.05) is 6.42 Å². The highest BCUT2D eigenvalue weighted by Gasteiger charge is 2.32. The third kappa shape index (κ3) is 3.46. The van der Waals surface area contributed by atoms with Gasteiger partial charge in [0.2, 0.25) is 5.91 Å². The van der Waals surface area contributed by atoms with Gasteiger partial charge in [-0.05, 0) is 39.2 Å². The van der Waals surface area contributed by atoms with Gasteiger partial charge in [0.15, 0.2) is 0 Å². The molecule has 16 heavy (non-hydrogen) atoms. The van der Waals surface area contributed by atoms with Gasteiger partial charge in [-0.15, -0.1) is 0 Å². The Morgan fingerprint density at radius 2 is 2.19 bits per heavy atom. The number of hydrogen-bond donors (Lipinski definition) is 2. The van der Waals surface area contributed by atoms with E-state index in [9.17, 15) is 4.79 Å². The number of rotatable bonds is 5. The summed E-state index contributed by atoms with van der Waals surface area (Å²) in [5.41, 5.74) is 5.37. The van der Waals surface area contributed by atoms with Gasteiger partial charge < -0.3 is 15.8 Å². The zero-order valence-corrected chi connectivity index (χ0v) is 10.6. The zero-order valence-electron chi connectivity index (χ0n) is 10.6. The van der Waals surface area contributed by atoms with Gasteiger partial charge in [0.1, 0.15) is 0 Å². The third-order valence-electron chi connectivity index (χ3n) is 3.54. The molecule has 2 atom stereocenters. The maximum Gasteiger partial charge on any atom is 0.223 e. The molecule has 94 valence electrons. The Morgan fingerprint density at radius 3 is 2.75 bits per heavy atom. The Balaban J connectivity index is 2.40. The van der Waals surface area contributed by atoms with Gasteiger partial charge in [-0.25, -0.2) is 0 Å². The highest BCUT2D eigenvalue weighted by atomic mass is 16.5. The van der Waals surface area contributed by atoms with E-state index in [-0.39, 0.29) is 17.4 Å². The topological polar surface area (TPSA) is 64.3 Å². The molecular weight excluding hydrogens is 204 g/mol. The Hall–Kier alpha value is -0.610. The predicted molar refractivity (Wildman–Crippen MR) is 64.0 cm³/mol. The number of carbonyl (C=O) groups excluding carboxylic acids is 1. The molecule has 0 bridgehead atoms. The minimum atomic E-state index is -0.299. The minimum Gasteiger partial charge on any atom is -0.377 e. The summed E-state index contributed by atoms with van der Waals surface area (Å²) in [7, 11) is 1.66. The van der Waals surface area contributed by atoms with E-state index in [4.69, 9.17) is 10.5 Å². The number of carbonyl (C=O) groups is 1. The molecule has 1 fully saturated rings. The molecule has 0 aromatic carbocycles. The predicted octanol–water partition coefficient (Wildman–Crippen LogP) is 0.903. The molecule has 0 spiro atoms. The lowest BCUT2D eigenvalue weighted by molar-refractivity contribution is -0.127. The first-order valence-electron chi connectivity index (χ1n) is 6.03. The van der Waals surface area contributed by atoms with Crippen LogP contribution in [0.3, 0.4) is 0 Å². The van der Waals surface area contributed by atoms with Crippen molar-refractivity contribution in [3.8, 4) is 0 Å². The standard InChI is InChI=1S/C12H24N2O2/c1-12(2,16-3)8-14-11(15)10-6-4-5-9(10)7-13/h9-10H,4-8,13H2,1-3H3,(H,14,15)/t9-,10-/m1/s1. The lowest BCUT2D eigenvalue weighted by atomic mass is 9.95. The van der Waals surface area contributed by atoms with Crippen molar-refractivity contribution < 1.29 is 9.53 Å². The molecule has 0 radical (unpaired) electrons. The average Bonchev–Trinajstić information content (AvgIpc) is 2.74. The molecular formula is C12H24N2O2. The third-order valence-corrected chi connectivity index (χ3v) is 3.54. The number of hydrogen-bond acceptors (Lipinski definition) is 3. The van der Waals surface area contributed by atoms with E-state index in [1.165, 1.54) is 0 Å². The number of nitrogens with one attached hydrogen (secondary N) is 1. The SMILES string of the molecule is COC(C)(C)CNC(=O)[C@@H]1CCC[C@@H]1CN. The van der Waals surface area contributed by atoms with Crippen molar-refractivity contribution in [1.29, 1.82) is 0 Å². The van der Waals surface area contributed by atoms with Crippen LogP contribution in [-0.4, -0.2) is 31.7 Å². The summed E-state index contributed by atoms with van der Waals surface area (Å²) in [5.74, 6) is 0.612. The highest BCUT2D eigenvalue weighted by molar-refractivity contribution is 5.79.